The van der Waals surface area contributed by atoms with Gasteiger partial charge >= 0.3 is 0 Å². The van der Waals surface area contributed by atoms with Gasteiger partial charge in [0.1, 0.15) is 23.3 Å². The van der Waals surface area contributed by atoms with Crippen LogP contribution in [0.4, 0.5) is 10.2 Å². The molecule has 3 aromatic rings. The van der Waals surface area contributed by atoms with Crippen LogP contribution < -0.4 is 4.90 Å². The van der Waals surface area contributed by atoms with Crippen LogP contribution in [0, 0.1) is 11.2 Å². The molecular formula is C27H32FN7. The first-order valence-electron chi connectivity index (χ1n) is 12.2. The van der Waals surface area contributed by atoms with E-state index in [-0.39, 0.29) is 11.9 Å². The maximum Gasteiger partial charge on any atom is 0.130 e. The normalized spacial score (nSPS) is 20.5. The number of hydrogen-bond donors (Lipinski definition) is 2. The summed E-state index contributed by atoms with van der Waals surface area (Å²) in [4.78, 5) is 19.3. The monoisotopic (exact) mass is 473 g/mol. The summed E-state index contributed by atoms with van der Waals surface area (Å²) in [5.74, 6) is 1.82. The highest BCUT2D eigenvalue weighted by atomic mass is 19.1. The molecule has 2 saturated heterocycles. The van der Waals surface area contributed by atoms with Gasteiger partial charge in [0, 0.05) is 25.7 Å². The number of halogens is 1. The summed E-state index contributed by atoms with van der Waals surface area (Å²) in [7, 11) is 4.26. The van der Waals surface area contributed by atoms with Crippen molar-refractivity contribution in [1.29, 1.82) is 5.41 Å². The number of imidazole rings is 1. The number of aromatic amines is 1. The van der Waals surface area contributed by atoms with Gasteiger partial charge in [-0.15, -0.1) is 0 Å². The van der Waals surface area contributed by atoms with Crippen molar-refractivity contribution < 1.29 is 4.39 Å². The number of likely N-dealkylation sites (N-methyl/N-ethyl adjacent to an activating group) is 1. The Balaban J connectivity index is 1.26. The van der Waals surface area contributed by atoms with Crippen molar-refractivity contribution in [2.24, 2.45) is 0 Å². The molecular weight excluding hydrogens is 441 g/mol. The Labute approximate surface area is 205 Å². The zero-order chi connectivity index (χ0) is 24.4. The van der Waals surface area contributed by atoms with Crippen molar-refractivity contribution >= 4 is 17.7 Å². The van der Waals surface area contributed by atoms with E-state index in [2.05, 4.69) is 39.9 Å². The minimum atomic E-state index is -0.237. The average molecular weight is 474 g/mol. The van der Waals surface area contributed by atoms with Gasteiger partial charge in [0.2, 0.25) is 0 Å². The lowest BCUT2D eigenvalue weighted by Gasteiger charge is -2.26. The molecule has 8 heteroatoms. The van der Waals surface area contributed by atoms with Gasteiger partial charge in [0.15, 0.2) is 0 Å². The predicted octanol–water partition coefficient (Wildman–Crippen LogP) is 4.58. The van der Waals surface area contributed by atoms with Crippen LogP contribution in [0.25, 0.3) is 17.5 Å². The Morgan fingerprint density at radius 1 is 1.17 bits per heavy atom. The second-order valence-electron chi connectivity index (χ2n) is 9.54. The topological polar surface area (TPSA) is 75.1 Å². The zero-order valence-electron chi connectivity index (χ0n) is 20.3. The molecule has 7 nitrogen and oxygen atoms in total. The molecule has 2 fully saturated rings. The van der Waals surface area contributed by atoms with E-state index in [1.807, 2.05) is 29.2 Å². The molecule has 2 aliphatic heterocycles. The van der Waals surface area contributed by atoms with E-state index in [1.54, 1.807) is 24.4 Å². The lowest BCUT2D eigenvalue weighted by molar-refractivity contribution is 0.315. The van der Waals surface area contributed by atoms with Crippen LogP contribution in [0.2, 0.25) is 0 Å². The van der Waals surface area contributed by atoms with Crippen LogP contribution in [0.5, 0.6) is 0 Å². The van der Waals surface area contributed by atoms with Crippen molar-refractivity contribution in [3.8, 4) is 11.4 Å². The van der Waals surface area contributed by atoms with Gasteiger partial charge < -0.3 is 19.7 Å². The van der Waals surface area contributed by atoms with Gasteiger partial charge in [0.05, 0.1) is 23.6 Å². The van der Waals surface area contributed by atoms with Crippen LogP contribution in [0.1, 0.15) is 36.7 Å². The molecule has 2 atom stereocenters. The standard InChI is InChI=1S/C27H32FN7/c1-33(2)21-13-15-34(18-21)27-10-4-8-22(32-27)23-17-30-26(31-23)12-11-25(29)35-14-5-9-24(35)19-6-3-7-20(28)16-19/h3-4,6-8,10-12,16-17,21,24,29H,5,9,13-15,18H2,1-2H3,(H,30,31)/b12-11-,29-25?/t21-,24?/m1/s1. The fourth-order valence-electron chi connectivity index (χ4n) is 5.04. The number of likely N-dealkylation sites (tertiary alicyclic amines) is 1. The number of pyridine rings is 1. The quantitative estimate of drug-likeness (QED) is 0.405. The van der Waals surface area contributed by atoms with Gasteiger partial charge in [-0.1, -0.05) is 18.2 Å². The van der Waals surface area contributed by atoms with Crippen LogP contribution >= 0.6 is 0 Å². The van der Waals surface area contributed by atoms with Crippen LogP contribution in [-0.2, 0) is 0 Å². The lowest BCUT2D eigenvalue weighted by Crippen LogP contribution is -2.31. The number of benzene rings is 1. The maximum atomic E-state index is 13.7. The molecule has 1 unspecified atom stereocenters. The molecule has 0 saturated carbocycles. The highest BCUT2D eigenvalue weighted by Gasteiger charge is 2.27. The summed E-state index contributed by atoms with van der Waals surface area (Å²) in [6, 6.07) is 13.4. The van der Waals surface area contributed by atoms with Crippen molar-refractivity contribution in [2.75, 3.05) is 38.6 Å². The Hall–Kier alpha value is -3.52. The van der Waals surface area contributed by atoms with Gasteiger partial charge in [-0.3, -0.25) is 5.41 Å². The third-order valence-corrected chi connectivity index (χ3v) is 7.02. The fraction of sp³-hybridized carbons (Fsp3) is 0.370. The van der Waals surface area contributed by atoms with E-state index < -0.39 is 0 Å². The molecule has 0 spiro atoms. The number of aromatic nitrogens is 3. The third kappa shape index (κ3) is 5.12. The van der Waals surface area contributed by atoms with E-state index >= 15 is 0 Å². The summed E-state index contributed by atoms with van der Waals surface area (Å²) in [5.41, 5.74) is 2.62. The molecule has 2 N–H and O–H groups in total. The first-order chi connectivity index (χ1) is 17.0. The minimum absolute atomic E-state index is 0.0274. The summed E-state index contributed by atoms with van der Waals surface area (Å²) < 4.78 is 13.7. The molecule has 0 amide bonds. The second kappa shape index (κ2) is 10.00. The molecule has 35 heavy (non-hydrogen) atoms. The average Bonchev–Trinajstić information content (AvgIpc) is 3.63. The number of H-pyrrole nitrogens is 1. The van der Waals surface area contributed by atoms with Crippen molar-refractivity contribution in [3.05, 3.63) is 71.9 Å². The molecule has 1 aromatic carbocycles. The fourth-order valence-corrected chi connectivity index (χ4v) is 5.04. The third-order valence-electron chi connectivity index (χ3n) is 7.02. The number of amidine groups is 1. The van der Waals surface area contributed by atoms with Gasteiger partial charge in [-0.2, -0.15) is 0 Å². The zero-order valence-corrected chi connectivity index (χ0v) is 20.3. The molecule has 182 valence electrons. The summed E-state index contributed by atoms with van der Waals surface area (Å²) in [6.45, 7) is 2.77. The van der Waals surface area contributed by atoms with E-state index in [1.165, 1.54) is 6.07 Å². The van der Waals surface area contributed by atoms with Gasteiger partial charge in [-0.05, 0) is 75.3 Å². The number of rotatable bonds is 6. The summed E-state index contributed by atoms with van der Waals surface area (Å²) in [6.07, 6.45) is 8.40. The lowest BCUT2D eigenvalue weighted by atomic mass is 10.0. The SMILES string of the molecule is CN(C)[C@@H]1CCN(c2cccc(-c3cnc(/C=C\C(=N)N4CCCC4c4cccc(F)c4)[nH]3)n2)C1. The Morgan fingerprint density at radius 3 is 2.83 bits per heavy atom. The van der Waals surface area contributed by atoms with E-state index in [0.717, 1.165) is 61.7 Å². The molecule has 5 rings (SSSR count). The summed E-state index contributed by atoms with van der Waals surface area (Å²) in [5, 5.41) is 8.59. The minimum Gasteiger partial charge on any atom is -0.355 e. The Bertz CT molecular complexity index is 1220. The number of nitrogens with zero attached hydrogens (tertiary/aromatic N) is 5. The molecule has 0 aliphatic carbocycles. The Kier molecular flexibility index (Phi) is 6.63. The predicted molar refractivity (Wildman–Crippen MR) is 138 cm³/mol. The highest BCUT2D eigenvalue weighted by molar-refractivity contribution is 5.94. The first-order valence-corrected chi connectivity index (χ1v) is 12.2. The molecule has 4 heterocycles. The van der Waals surface area contributed by atoms with Crippen LogP contribution in [-0.4, -0.2) is 70.4 Å². The Morgan fingerprint density at radius 2 is 2.03 bits per heavy atom. The number of anilines is 1. The van der Waals surface area contributed by atoms with Crippen molar-refractivity contribution in [2.45, 2.75) is 31.3 Å². The van der Waals surface area contributed by atoms with Crippen LogP contribution in [0.3, 0.4) is 0 Å². The summed E-state index contributed by atoms with van der Waals surface area (Å²) >= 11 is 0. The van der Waals surface area contributed by atoms with Crippen LogP contribution in [0.15, 0.2) is 54.7 Å². The maximum absolute atomic E-state index is 13.7. The van der Waals surface area contributed by atoms with Gasteiger partial charge in [0.25, 0.3) is 0 Å². The first kappa shape index (κ1) is 23.2. The highest BCUT2D eigenvalue weighted by Crippen LogP contribution is 2.32. The largest absolute Gasteiger partial charge is 0.355 e. The number of nitrogens with one attached hydrogen (secondary N) is 2. The van der Waals surface area contributed by atoms with E-state index in [4.69, 9.17) is 10.4 Å². The van der Waals surface area contributed by atoms with Crippen molar-refractivity contribution in [1.82, 2.24) is 24.8 Å². The van der Waals surface area contributed by atoms with E-state index in [9.17, 15) is 4.39 Å². The molecule has 0 radical (unpaired) electrons. The molecule has 2 aromatic heterocycles. The van der Waals surface area contributed by atoms with Crippen molar-refractivity contribution in [3.63, 3.8) is 0 Å². The van der Waals surface area contributed by atoms with Gasteiger partial charge in [-0.25, -0.2) is 14.4 Å². The second-order valence-corrected chi connectivity index (χ2v) is 9.54. The number of hydrogen-bond acceptors (Lipinski definition) is 5. The molecule has 0 bridgehead atoms. The molecule has 2 aliphatic rings. The smallest absolute Gasteiger partial charge is 0.130 e. The van der Waals surface area contributed by atoms with E-state index in [0.29, 0.717) is 17.7 Å².